The van der Waals surface area contributed by atoms with E-state index in [2.05, 4.69) is 12.2 Å². The quantitative estimate of drug-likeness (QED) is 0.654. The number of nitrogens with two attached hydrogens (primary N) is 1. The molecular formula is C14H19N3O3. The van der Waals surface area contributed by atoms with Crippen molar-refractivity contribution >= 4 is 17.3 Å². The van der Waals surface area contributed by atoms with Gasteiger partial charge >= 0.3 is 0 Å². The molecule has 0 saturated heterocycles. The number of anilines is 1. The third-order valence-electron chi connectivity index (χ3n) is 3.82. The number of nitro benzene ring substituents is 1. The van der Waals surface area contributed by atoms with Crippen LogP contribution in [-0.4, -0.2) is 16.4 Å². The molecular weight excluding hydrogens is 258 g/mol. The normalized spacial score (nSPS) is 26.0. The Morgan fingerprint density at radius 1 is 1.45 bits per heavy atom. The van der Waals surface area contributed by atoms with E-state index in [1.54, 1.807) is 0 Å². The van der Waals surface area contributed by atoms with Gasteiger partial charge in [0.25, 0.3) is 5.69 Å². The molecule has 2 atom stereocenters. The Hall–Kier alpha value is -1.95. The molecule has 0 bridgehead atoms. The fraction of sp³-hybridized carbons (Fsp3) is 0.500. The van der Waals surface area contributed by atoms with E-state index < -0.39 is 10.5 Å². The van der Waals surface area contributed by atoms with E-state index in [-0.39, 0.29) is 11.6 Å². The Bertz CT molecular complexity index is 515. The van der Waals surface area contributed by atoms with Gasteiger partial charge in [-0.05, 0) is 30.9 Å². The Morgan fingerprint density at radius 3 is 2.65 bits per heavy atom. The highest BCUT2D eigenvalue weighted by Crippen LogP contribution is 2.31. The van der Waals surface area contributed by atoms with Gasteiger partial charge in [0.15, 0.2) is 0 Å². The summed E-state index contributed by atoms with van der Waals surface area (Å²) in [6.45, 7) is 2.10. The summed E-state index contributed by atoms with van der Waals surface area (Å²) in [6, 6.07) is 5.77. The standard InChI is InChI=1S/C14H19N3O3/c1-10-3-2-8-14(15,9-10)13(18)16-11-4-6-12(7-5-11)17(19)20/h4-7,10H,2-3,8-9,15H2,1H3,(H,16,18). The third-order valence-corrected chi connectivity index (χ3v) is 3.82. The predicted octanol–water partition coefficient (Wildman–Crippen LogP) is 2.44. The number of nitro groups is 1. The van der Waals surface area contributed by atoms with E-state index in [9.17, 15) is 14.9 Å². The highest BCUT2D eigenvalue weighted by molar-refractivity contribution is 5.98. The maximum Gasteiger partial charge on any atom is 0.269 e. The first-order valence-corrected chi connectivity index (χ1v) is 6.75. The molecule has 0 spiro atoms. The second kappa shape index (κ2) is 5.58. The molecule has 108 valence electrons. The SMILES string of the molecule is CC1CCCC(N)(C(=O)Nc2ccc([N+](=O)[O-])cc2)C1. The molecule has 0 aliphatic heterocycles. The second-order valence-corrected chi connectivity index (χ2v) is 5.62. The number of hydrogen-bond acceptors (Lipinski definition) is 4. The molecule has 3 N–H and O–H groups in total. The van der Waals surface area contributed by atoms with Crippen LogP contribution in [0.4, 0.5) is 11.4 Å². The zero-order valence-electron chi connectivity index (χ0n) is 11.5. The minimum Gasteiger partial charge on any atom is -0.324 e. The molecule has 2 rings (SSSR count). The Labute approximate surface area is 117 Å². The highest BCUT2D eigenvalue weighted by Gasteiger charge is 2.37. The highest BCUT2D eigenvalue weighted by atomic mass is 16.6. The van der Waals surface area contributed by atoms with Crippen molar-refractivity contribution in [2.45, 2.75) is 38.1 Å². The summed E-state index contributed by atoms with van der Waals surface area (Å²) in [5.74, 6) is 0.231. The second-order valence-electron chi connectivity index (χ2n) is 5.62. The Morgan fingerprint density at radius 2 is 2.10 bits per heavy atom. The topological polar surface area (TPSA) is 98.3 Å². The van der Waals surface area contributed by atoms with Crippen LogP contribution in [0.5, 0.6) is 0 Å². The van der Waals surface area contributed by atoms with Gasteiger partial charge in [-0.2, -0.15) is 0 Å². The van der Waals surface area contributed by atoms with E-state index in [0.717, 1.165) is 12.8 Å². The summed E-state index contributed by atoms with van der Waals surface area (Å²) >= 11 is 0. The van der Waals surface area contributed by atoms with Gasteiger partial charge < -0.3 is 11.1 Å². The van der Waals surface area contributed by atoms with Crippen LogP contribution in [0.2, 0.25) is 0 Å². The number of benzene rings is 1. The number of rotatable bonds is 3. The average molecular weight is 277 g/mol. The van der Waals surface area contributed by atoms with Crippen LogP contribution in [-0.2, 0) is 4.79 Å². The molecule has 1 aromatic carbocycles. The van der Waals surface area contributed by atoms with Crippen molar-refractivity contribution in [3.8, 4) is 0 Å². The van der Waals surface area contributed by atoms with Gasteiger partial charge in [0.1, 0.15) is 0 Å². The molecule has 1 aromatic rings. The molecule has 20 heavy (non-hydrogen) atoms. The number of carbonyl (C=O) groups is 1. The minimum absolute atomic E-state index is 0.00301. The molecule has 2 unspecified atom stereocenters. The number of carbonyl (C=O) groups excluding carboxylic acids is 1. The lowest BCUT2D eigenvalue weighted by atomic mass is 9.76. The summed E-state index contributed by atoms with van der Waals surface area (Å²) in [5.41, 5.74) is 5.89. The molecule has 1 amide bonds. The van der Waals surface area contributed by atoms with Crippen molar-refractivity contribution in [3.05, 3.63) is 34.4 Å². The molecule has 6 nitrogen and oxygen atoms in total. The molecule has 0 radical (unpaired) electrons. The Kier molecular flexibility index (Phi) is 4.04. The summed E-state index contributed by atoms with van der Waals surface area (Å²) in [6.07, 6.45) is 3.40. The summed E-state index contributed by atoms with van der Waals surface area (Å²) in [4.78, 5) is 22.4. The number of non-ortho nitro benzene ring substituents is 1. The molecule has 1 aliphatic rings. The van der Waals surface area contributed by atoms with Crippen LogP contribution in [0.15, 0.2) is 24.3 Å². The molecule has 0 heterocycles. The molecule has 0 aromatic heterocycles. The van der Waals surface area contributed by atoms with Crippen LogP contribution in [0, 0.1) is 16.0 Å². The number of nitrogens with zero attached hydrogens (tertiary/aromatic N) is 1. The summed E-state index contributed by atoms with van der Waals surface area (Å²) < 4.78 is 0. The lowest BCUT2D eigenvalue weighted by Crippen LogP contribution is -2.53. The van der Waals surface area contributed by atoms with Gasteiger partial charge in [0.2, 0.25) is 5.91 Å². The number of hydrogen-bond donors (Lipinski definition) is 2. The third kappa shape index (κ3) is 3.14. The van der Waals surface area contributed by atoms with Gasteiger partial charge in [-0.3, -0.25) is 14.9 Å². The van der Waals surface area contributed by atoms with E-state index >= 15 is 0 Å². The molecule has 1 fully saturated rings. The van der Waals surface area contributed by atoms with Crippen molar-refractivity contribution < 1.29 is 9.72 Å². The zero-order valence-corrected chi connectivity index (χ0v) is 11.5. The van der Waals surface area contributed by atoms with Gasteiger partial charge in [-0.15, -0.1) is 0 Å². The van der Waals surface area contributed by atoms with Crippen molar-refractivity contribution in [3.63, 3.8) is 0 Å². The van der Waals surface area contributed by atoms with E-state index in [1.165, 1.54) is 24.3 Å². The first-order chi connectivity index (χ1) is 9.40. The van der Waals surface area contributed by atoms with Crippen molar-refractivity contribution in [2.75, 3.05) is 5.32 Å². The van der Waals surface area contributed by atoms with E-state index in [4.69, 9.17) is 5.73 Å². The average Bonchev–Trinajstić information content (AvgIpc) is 2.39. The lowest BCUT2D eigenvalue weighted by molar-refractivity contribution is -0.384. The van der Waals surface area contributed by atoms with Crippen LogP contribution in [0.1, 0.15) is 32.6 Å². The molecule has 1 aliphatic carbocycles. The van der Waals surface area contributed by atoms with Crippen LogP contribution in [0.3, 0.4) is 0 Å². The maximum atomic E-state index is 12.3. The number of amides is 1. The summed E-state index contributed by atoms with van der Waals surface area (Å²) in [7, 11) is 0. The van der Waals surface area contributed by atoms with Gasteiger partial charge in [-0.25, -0.2) is 0 Å². The fourth-order valence-corrected chi connectivity index (χ4v) is 2.72. The maximum absolute atomic E-state index is 12.3. The van der Waals surface area contributed by atoms with Gasteiger partial charge in [-0.1, -0.05) is 19.8 Å². The predicted molar refractivity (Wildman–Crippen MR) is 76.3 cm³/mol. The van der Waals surface area contributed by atoms with Crippen molar-refractivity contribution in [1.29, 1.82) is 0 Å². The van der Waals surface area contributed by atoms with Crippen LogP contribution < -0.4 is 11.1 Å². The van der Waals surface area contributed by atoms with Gasteiger partial charge in [0, 0.05) is 17.8 Å². The van der Waals surface area contributed by atoms with Crippen LogP contribution in [0.25, 0.3) is 0 Å². The van der Waals surface area contributed by atoms with Gasteiger partial charge in [0.05, 0.1) is 10.5 Å². The van der Waals surface area contributed by atoms with Crippen molar-refractivity contribution in [1.82, 2.24) is 0 Å². The largest absolute Gasteiger partial charge is 0.324 e. The fourth-order valence-electron chi connectivity index (χ4n) is 2.72. The first kappa shape index (κ1) is 14.5. The van der Waals surface area contributed by atoms with Crippen LogP contribution >= 0.6 is 0 Å². The minimum atomic E-state index is -0.834. The molecule has 1 saturated carbocycles. The smallest absolute Gasteiger partial charge is 0.269 e. The lowest BCUT2D eigenvalue weighted by Gasteiger charge is -2.35. The Balaban J connectivity index is 2.05. The van der Waals surface area contributed by atoms with Crippen molar-refractivity contribution in [2.24, 2.45) is 11.7 Å². The zero-order chi connectivity index (χ0) is 14.8. The molecule has 6 heteroatoms. The monoisotopic (exact) mass is 277 g/mol. The van der Waals surface area contributed by atoms with E-state index in [1.807, 2.05) is 0 Å². The van der Waals surface area contributed by atoms with E-state index in [0.29, 0.717) is 24.4 Å². The number of nitrogens with one attached hydrogen (secondary N) is 1. The first-order valence-electron chi connectivity index (χ1n) is 6.75. The summed E-state index contributed by atoms with van der Waals surface area (Å²) in [5, 5.41) is 13.3.